The molecule has 1 aliphatic carbocycles. The number of carbonyl (C=O) groups excluding carboxylic acids is 1. The Labute approximate surface area is 142 Å². The van der Waals surface area contributed by atoms with Gasteiger partial charge in [0.15, 0.2) is 11.5 Å². The highest BCUT2D eigenvalue weighted by Crippen LogP contribution is 2.33. The predicted octanol–water partition coefficient (Wildman–Crippen LogP) is 0.779. The van der Waals surface area contributed by atoms with E-state index in [9.17, 15) is 14.4 Å². The predicted molar refractivity (Wildman–Crippen MR) is 85.8 cm³/mol. The minimum Gasteiger partial charge on any atom is -0.409 e. The zero-order chi connectivity index (χ0) is 17.8. The molecule has 0 saturated carbocycles. The number of benzene rings is 1. The molecule has 0 fully saturated rings. The van der Waals surface area contributed by atoms with E-state index in [1.165, 1.54) is 12.1 Å². The summed E-state index contributed by atoms with van der Waals surface area (Å²) in [6.07, 6.45) is 0.654. The molecule has 9 nitrogen and oxygen atoms in total. The van der Waals surface area contributed by atoms with Crippen molar-refractivity contribution in [3.63, 3.8) is 0 Å². The van der Waals surface area contributed by atoms with Gasteiger partial charge in [0.1, 0.15) is 5.82 Å². The van der Waals surface area contributed by atoms with Crippen LogP contribution >= 0.6 is 0 Å². The largest absolute Gasteiger partial charge is 0.409 e. The quantitative estimate of drug-likeness (QED) is 0.263. The molecule has 1 heterocycles. The molecule has 1 amide bonds. The van der Waals surface area contributed by atoms with Crippen molar-refractivity contribution in [2.24, 2.45) is 5.16 Å². The number of fused-ring (bicyclic) bond motifs is 1. The summed E-state index contributed by atoms with van der Waals surface area (Å²) in [4.78, 5) is 11.5. The number of nitrogens with one attached hydrogen (secondary N) is 3. The first-order valence-electron chi connectivity index (χ1n) is 7.72. The molecule has 10 heteroatoms. The molecule has 25 heavy (non-hydrogen) atoms. The van der Waals surface area contributed by atoms with Gasteiger partial charge in [0.05, 0.1) is 12.6 Å². The lowest BCUT2D eigenvalue weighted by Gasteiger charge is -2.31. The van der Waals surface area contributed by atoms with Crippen molar-refractivity contribution in [1.82, 2.24) is 20.9 Å². The van der Waals surface area contributed by atoms with Crippen LogP contribution in [0.25, 0.3) is 0 Å². The third-order valence-corrected chi connectivity index (χ3v) is 3.82. The molecular formula is C15H17FN6O3. The summed E-state index contributed by atoms with van der Waals surface area (Å²) in [5, 5.41) is 28.2. The van der Waals surface area contributed by atoms with Gasteiger partial charge in [-0.25, -0.2) is 9.02 Å². The molecule has 1 atom stereocenters. The number of oxime groups is 1. The van der Waals surface area contributed by atoms with Crippen molar-refractivity contribution in [2.75, 3.05) is 18.4 Å². The van der Waals surface area contributed by atoms with Gasteiger partial charge in [-0.1, -0.05) is 11.2 Å². The van der Waals surface area contributed by atoms with Gasteiger partial charge >= 0.3 is 0 Å². The van der Waals surface area contributed by atoms with E-state index in [4.69, 9.17) is 0 Å². The number of amides is 1. The molecule has 0 saturated heterocycles. The SMILES string of the molecule is CCNC(=O)CNc1nonc1C(=NO)NC1Cc2ccc(F)cc21. The van der Waals surface area contributed by atoms with Gasteiger partial charge < -0.3 is 21.2 Å². The number of aromatic nitrogens is 2. The van der Waals surface area contributed by atoms with Gasteiger partial charge in [0, 0.05) is 6.54 Å². The van der Waals surface area contributed by atoms with Crippen molar-refractivity contribution in [3.8, 4) is 0 Å². The van der Waals surface area contributed by atoms with Crippen molar-refractivity contribution in [2.45, 2.75) is 19.4 Å². The third kappa shape index (κ3) is 3.52. The maximum atomic E-state index is 13.4. The molecular weight excluding hydrogens is 331 g/mol. The normalized spacial score (nSPS) is 15.9. The van der Waals surface area contributed by atoms with E-state index in [-0.39, 0.29) is 41.7 Å². The van der Waals surface area contributed by atoms with Crippen molar-refractivity contribution < 1.29 is 19.0 Å². The standard InChI is InChI=1S/C15H17FN6O3/c1-2-17-12(23)7-18-14-13(21-25-22-14)15(20-24)19-11-5-8-3-4-9(16)6-10(8)11/h3-4,6,11,24H,2,5,7H2,1H3,(H,17,23)(H,18,22)(H,19,20). The molecule has 1 aromatic carbocycles. The van der Waals surface area contributed by atoms with E-state index in [0.29, 0.717) is 13.0 Å². The van der Waals surface area contributed by atoms with Crippen molar-refractivity contribution >= 4 is 17.6 Å². The Bertz CT molecular complexity index is 806. The van der Waals surface area contributed by atoms with Crippen LogP contribution in [0.1, 0.15) is 29.8 Å². The van der Waals surface area contributed by atoms with E-state index in [1.807, 2.05) is 0 Å². The van der Waals surface area contributed by atoms with Crippen LogP contribution < -0.4 is 16.0 Å². The molecule has 1 unspecified atom stereocenters. The summed E-state index contributed by atoms with van der Waals surface area (Å²) in [7, 11) is 0. The summed E-state index contributed by atoms with van der Waals surface area (Å²) in [5.74, 6) is -0.389. The van der Waals surface area contributed by atoms with E-state index in [2.05, 4.69) is 36.0 Å². The Morgan fingerprint density at radius 3 is 3.08 bits per heavy atom. The molecule has 0 aliphatic heterocycles. The van der Waals surface area contributed by atoms with Crippen LogP contribution in [0.3, 0.4) is 0 Å². The van der Waals surface area contributed by atoms with Crippen LogP contribution in [0.2, 0.25) is 0 Å². The van der Waals surface area contributed by atoms with Gasteiger partial charge in [0.25, 0.3) is 0 Å². The lowest BCUT2D eigenvalue weighted by atomic mass is 9.83. The molecule has 0 radical (unpaired) electrons. The number of halogens is 1. The number of carbonyl (C=O) groups is 1. The second-order valence-electron chi connectivity index (χ2n) is 5.46. The highest BCUT2D eigenvalue weighted by molar-refractivity contribution is 6.01. The monoisotopic (exact) mass is 348 g/mol. The lowest BCUT2D eigenvalue weighted by molar-refractivity contribution is -0.119. The minimum absolute atomic E-state index is 0.0135. The Morgan fingerprint density at radius 2 is 2.32 bits per heavy atom. The molecule has 1 aliphatic rings. The Kier molecular flexibility index (Phi) is 4.78. The maximum Gasteiger partial charge on any atom is 0.239 e. The van der Waals surface area contributed by atoms with Gasteiger partial charge in [-0.2, -0.15) is 0 Å². The minimum atomic E-state index is -0.333. The number of likely N-dealkylation sites (N-methyl/N-ethyl adjacent to an activating group) is 1. The van der Waals surface area contributed by atoms with Crippen LogP contribution in [0.4, 0.5) is 10.2 Å². The zero-order valence-corrected chi connectivity index (χ0v) is 13.4. The smallest absolute Gasteiger partial charge is 0.239 e. The lowest BCUT2D eigenvalue weighted by Crippen LogP contribution is -2.37. The van der Waals surface area contributed by atoms with Crippen LogP contribution in [-0.2, 0) is 11.2 Å². The van der Waals surface area contributed by atoms with Crippen LogP contribution in [0.5, 0.6) is 0 Å². The first-order chi connectivity index (χ1) is 12.1. The average Bonchev–Trinajstić information content (AvgIpc) is 3.05. The number of rotatable bonds is 6. The topological polar surface area (TPSA) is 125 Å². The number of amidine groups is 1. The Morgan fingerprint density at radius 1 is 1.48 bits per heavy atom. The Balaban J connectivity index is 1.69. The van der Waals surface area contributed by atoms with Gasteiger partial charge in [-0.3, -0.25) is 4.79 Å². The average molecular weight is 348 g/mol. The second-order valence-corrected chi connectivity index (χ2v) is 5.46. The van der Waals surface area contributed by atoms with E-state index < -0.39 is 0 Å². The van der Waals surface area contributed by atoms with E-state index in [0.717, 1.165) is 11.1 Å². The highest BCUT2D eigenvalue weighted by Gasteiger charge is 2.29. The summed E-state index contributed by atoms with van der Waals surface area (Å²) in [5.41, 5.74) is 1.93. The summed E-state index contributed by atoms with van der Waals surface area (Å²) < 4.78 is 18.0. The van der Waals surface area contributed by atoms with Gasteiger partial charge in [-0.05, 0) is 46.9 Å². The molecule has 4 N–H and O–H groups in total. The second kappa shape index (κ2) is 7.16. The number of nitrogens with zero attached hydrogens (tertiary/aromatic N) is 3. The summed E-state index contributed by atoms with van der Waals surface area (Å²) in [6, 6.07) is 4.33. The van der Waals surface area contributed by atoms with E-state index >= 15 is 0 Å². The fraction of sp³-hybridized carbons (Fsp3) is 0.333. The summed E-state index contributed by atoms with van der Waals surface area (Å²) >= 11 is 0. The maximum absolute atomic E-state index is 13.4. The highest BCUT2D eigenvalue weighted by atomic mass is 19.1. The number of hydrogen-bond donors (Lipinski definition) is 4. The molecule has 0 spiro atoms. The molecule has 132 valence electrons. The van der Waals surface area contributed by atoms with Crippen molar-refractivity contribution in [1.29, 1.82) is 0 Å². The molecule has 2 aromatic rings. The summed E-state index contributed by atoms with van der Waals surface area (Å²) in [6.45, 7) is 2.28. The Hall–Kier alpha value is -3.17. The first-order valence-corrected chi connectivity index (χ1v) is 7.72. The fourth-order valence-electron chi connectivity index (χ4n) is 2.60. The van der Waals surface area contributed by atoms with Crippen LogP contribution in [0, 0.1) is 5.82 Å². The molecule has 0 bridgehead atoms. The molecule has 1 aromatic heterocycles. The van der Waals surface area contributed by atoms with Crippen LogP contribution in [0.15, 0.2) is 28.0 Å². The zero-order valence-electron chi connectivity index (χ0n) is 13.4. The van der Waals surface area contributed by atoms with Gasteiger partial charge in [0.2, 0.25) is 11.7 Å². The van der Waals surface area contributed by atoms with Crippen LogP contribution in [-0.4, -0.2) is 40.4 Å². The first kappa shape index (κ1) is 16.7. The van der Waals surface area contributed by atoms with E-state index in [1.54, 1.807) is 13.0 Å². The van der Waals surface area contributed by atoms with Gasteiger partial charge in [-0.15, -0.1) is 0 Å². The number of hydrogen-bond acceptors (Lipinski definition) is 7. The number of anilines is 1. The van der Waals surface area contributed by atoms with Crippen molar-refractivity contribution in [3.05, 3.63) is 40.8 Å². The molecule has 3 rings (SSSR count). The third-order valence-electron chi connectivity index (χ3n) is 3.82. The fourth-order valence-corrected chi connectivity index (χ4v) is 2.60.